The lowest BCUT2D eigenvalue weighted by Gasteiger charge is -2.44. The van der Waals surface area contributed by atoms with Crippen molar-refractivity contribution in [2.75, 3.05) is 13.2 Å². The molecule has 0 bridgehead atoms. The molecule has 1 aliphatic carbocycles. The summed E-state index contributed by atoms with van der Waals surface area (Å²) in [6.07, 6.45) is -3.11. The fourth-order valence-electron chi connectivity index (χ4n) is 5.53. The molecule has 0 aliphatic heterocycles. The van der Waals surface area contributed by atoms with Crippen LogP contribution in [-0.4, -0.2) is 108 Å². The molecule has 0 spiro atoms. The van der Waals surface area contributed by atoms with E-state index in [0.717, 1.165) is 25.7 Å². The molecule has 0 radical (unpaired) electrons. The van der Waals surface area contributed by atoms with Crippen LogP contribution >= 0.6 is 37.0 Å². The Morgan fingerprint density at radius 1 is 0.562 bits per heavy atom. The number of hydrogen-bond acceptors (Lipinski definition) is 14. The molecule has 380 valence electrons. The van der Waals surface area contributed by atoms with Crippen LogP contribution in [0.2, 0.25) is 0 Å². The molecule has 1 rings (SSSR count). The third-order valence-electron chi connectivity index (χ3n) is 8.38. The summed E-state index contributed by atoms with van der Waals surface area (Å²) in [5, 5.41) is 31.7. The monoisotopic (exact) mass is 1000 g/mol. The molecule has 1 saturated carbocycles. The quantitative estimate of drug-likeness (QED) is 0.0166. The largest absolute Gasteiger partial charge is 0.472 e. The van der Waals surface area contributed by atoms with E-state index in [2.05, 4.69) is 92.9 Å². The number of esters is 2. The fraction of sp³-hybridized carbons (Fsp3) is 0.610. The first-order valence-electron chi connectivity index (χ1n) is 19.8. The third kappa shape index (κ3) is 29.8. The van der Waals surface area contributed by atoms with Gasteiger partial charge in [0.25, 0.3) is 0 Å². The van der Waals surface area contributed by atoms with Crippen molar-refractivity contribution in [2.24, 2.45) is 0 Å². The molecular weight excluding hydrogens is 921 g/mol. The van der Waals surface area contributed by atoms with E-state index in [1.54, 1.807) is 6.92 Å². The van der Waals surface area contributed by atoms with E-state index in [4.69, 9.17) is 18.5 Å². The predicted octanol–water partition coefficient (Wildman–Crippen LogP) is 5.83. The van der Waals surface area contributed by atoms with Crippen LogP contribution in [0.3, 0.4) is 0 Å². The lowest BCUT2D eigenvalue weighted by molar-refractivity contribution is -0.213. The summed E-state index contributed by atoms with van der Waals surface area (Å²) < 4.78 is 64.6. The molecule has 8 N–H and O–H groups in total. The summed E-state index contributed by atoms with van der Waals surface area (Å²) in [4.78, 5) is 72.5. The summed E-state index contributed by atoms with van der Waals surface area (Å²) in [5.41, 5.74) is 0. The average Bonchev–Trinajstić information content (AvgIpc) is 3.20. The predicted molar refractivity (Wildman–Crippen MR) is 262 cm³/mol. The van der Waals surface area contributed by atoms with Crippen molar-refractivity contribution in [3.8, 4) is 82.9 Å². The number of carbonyl (C=O) groups is 2. The maximum Gasteiger partial charge on any atom is 0.472 e. The first-order valence-corrected chi connectivity index (χ1v) is 24.3. The Hall–Kier alpha value is -3.58. The lowest BCUT2D eigenvalue weighted by Crippen LogP contribution is -2.65. The lowest BCUT2D eigenvalue weighted by atomic mass is 9.85. The molecule has 1 fully saturated rings. The maximum atomic E-state index is 13.0. The summed E-state index contributed by atoms with van der Waals surface area (Å²) in [6.45, 7) is 1.96. The second kappa shape index (κ2) is 33.8. The van der Waals surface area contributed by atoms with Crippen LogP contribution in [0.15, 0.2) is 0 Å². The molecule has 0 amide bonds. The molecule has 0 saturated heterocycles. The zero-order chi connectivity index (χ0) is 47.2. The van der Waals surface area contributed by atoms with Crippen molar-refractivity contribution in [1.82, 2.24) is 0 Å². The molecule has 0 aromatic rings. The Kier molecular flexibility index (Phi) is 31.9. The third-order valence-corrected chi connectivity index (χ3v) is 10.4. The molecule has 19 nitrogen and oxygen atoms in total. The van der Waals surface area contributed by atoms with Gasteiger partial charge < -0.3 is 49.3 Å². The van der Waals surface area contributed by atoms with Gasteiger partial charge in [0.05, 0.1) is 6.61 Å². The summed E-state index contributed by atoms with van der Waals surface area (Å²) in [5.74, 6) is 31.2. The van der Waals surface area contributed by atoms with E-state index < -0.39 is 91.3 Å². The van der Waals surface area contributed by atoms with Crippen molar-refractivity contribution < 1.29 is 109 Å². The topological polar surface area (TPSA) is 303 Å². The van der Waals surface area contributed by atoms with Gasteiger partial charge in [0, 0.05) is 30.9 Å². The highest BCUT2D eigenvalue weighted by atomic mass is 32.1. The van der Waals surface area contributed by atoms with Crippen molar-refractivity contribution >= 4 is 48.9 Å². The number of carbonyl (C=O) groups excluding carboxylic acids is 2. The number of hydrogen-bond donors (Lipinski definition) is 8. The molecule has 8 atom stereocenters. The molecule has 4 unspecified atom stereocenters. The van der Waals surface area contributed by atoms with Gasteiger partial charge in [-0.25, -0.2) is 18.5 Å². The Balaban J connectivity index is -0.000000236. The van der Waals surface area contributed by atoms with E-state index >= 15 is 0 Å². The zero-order valence-electron chi connectivity index (χ0n) is 35.3. The normalized spacial score (nSPS) is 20.0. The summed E-state index contributed by atoms with van der Waals surface area (Å²) in [6, 6.07) is 0. The number of aliphatic hydroxyl groups excluding tert-OH is 3. The Morgan fingerprint density at radius 2 is 0.938 bits per heavy atom. The Bertz CT molecular complexity index is 2090. The van der Waals surface area contributed by atoms with Crippen molar-refractivity contribution in [2.45, 2.75) is 146 Å². The Morgan fingerprint density at radius 3 is 1.34 bits per heavy atom. The average molecular weight is 1000 g/mol. The summed E-state index contributed by atoms with van der Waals surface area (Å²) >= 11 is 0. The molecule has 64 heavy (non-hydrogen) atoms. The number of rotatable bonds is 26. The Labute approximate surface area is 400 Å². The molecule has 0 aromatic carbocycles. The number of phosphoric ester groups is 3. The van der Waals surface area contributed by atoms with Crippen molar-refractivity contribution in [3.63, 3.8) is 0 Å². The molecule has 1 aliphatic rings. The highest BCUT2D eigenvalue weighted by molar-refractivity contribution is 7.59. The smallest absolute Gasteiger partial charge is 0.456 e. The van der Waals surface area contributed by atoms with Crippen LogP contribution in [0.25, 0.3) is 0 Å². The van der Waals surface area contributed by atoms with Crippen LogP contribution < -0.4 is 0 Å². The van der Waals surface area contributed by atoms with Gasteiger partial charge in [0.15, 0.2) is 6.10 Å². The van der Waals surface area contributed by atoms with Gasteiger partial charge in [0.2, 0.25) is 0 Å². The van der Waals surface area contributed by atoms with Crippen molar-refractivity contribution in [1.29, 1.82) is 0 Å². The molecule has 0 heterocycles. The molecule has 23 heteroatoms. The number of unbranched alkanes of at least 4 members (excludes halogenated alkanes) is 12. The van der Waals surface area contributed by atoms with E-state index in [-0.39, 0.29) is 38.5 Å². The van der Waals surface area contributed by atoms with Crippen LogP contribution in [0.5, 0.6) is 0 Å². The van der Waals surface area contributed by atoms with Crippen LogP contribution in [-0.2, 0) is 50.9 Å². The highest BCUT2D eigenvalue weighted by Gasteiger charge is 2.56. The SMILES string of the molecule is CC#CC#CC#CC#CC#CC#CC#CC(=O)OC[C@H](COP(=O)(O)OC1C(O)[C@@H](OP(=O)(O)O)C(O)[C@@H](OP(=O)(O)O)[C@H]1O)OC(=O)CCCCCCCCCCCCCCC.S.[HH].[HH].[HH].[HH].[HH].[HH].[HH].[HH].[HH].[HH].[HH].[HH].[HH]. The fourth-order valence-corrected chi connectivity index (χ4v) is 7.64. The minimum atomic E-state index is -5.58. The highest BCUT2D eigenvalue weighted by Crippen LogP contribution is 2.51. The minimum absolute atomic E-state index is 0. The van der Waals surface area contributed by atoms with Gasteiger partial charge in [0.1, 0.15) is 43.2 Å². The van der Waals surface area contributed by atoms with E-state index in [1.165, 1.54) is 44.9 Å². The number of ether oxygens (including phenoxy) is 2. The van der Waals surface area contributed by atoms with E-state index in [1.807, 2.05) is 5.92 Å². The van der Waals surface area contributed by atoms with Gasteiger partial charge in [-0.05, 0) is 84.4 Å². The van der Waals surface area contributed by atoms with Gasteiger partial charge >= 0.3 is 35.4 Å². The van der Waals surface area contributed by atoms with Gasteiger partial charge in [-0.1, -0.05) is 89.9 Å². The minimum Gasteiger partial charge on any atom is -0.456 e. The van der Waals surface area contributed by atoms with Crippen LogP contribution in [0.1, 0.15) is 122 Å². The van der Waals surface area contributed by atoms with Crippen LogP contribution in [0, 0.1) is 82.9 Å². The van der Waals surface area contributed by atoms with E-state index in [0.29, 0.717) is 12.8 Å². The summed E-state index contributed by atoms with van der Waals surface area (Å²) in [7, 11) is -16.7. The standard InChI is InChI=1S/C41H53O19P3.H2S.13H2/c1-3-5-7-9-11-13-15-17-19-21-23-25-27-29-34(42)55-31-33(57-35(43)30-28-26-24-22-20-18-16-14-12-10-8-6-4-2)32-56-63(53,54)60-41-37(45)39(58-61(47,48)49)36(44)40(38(41)46)59-62(50,51)52;;;;;;;;;;;;;;/h33,36-41,44-46H,4,6,8,10,12,14,16,18,20,22,24,26,28,30-32H2,1-2H3,(H,53,54)(H2,47,48,49)(H2,50,51,52);1H2;13*1H/t33-,36?,37-,38?,39-,40+,41?;;;;;;;;;;;;;;/m1............../s1. The van der Waals surface area contributed by atoms with Crippen LogP contribution in [0.4, 0.5) is 0 Å². The number of aliphatic hydroxyl groups is 3. The molecule has 0 aromatic heterocycles. The second-order valence-electron chi connectivity index (χ2n) is 13.5. The van der Waals surface area contributed by atoms with E-state index in [9.17, 15) is 63.1 Å². The first kappa shape index (κ1) is 60.4. The number of phosphoric acid groups is 3. The first-order chi connectivity index (χ1) is 29.8. The second-order valence-corrected chi connectivity index (χ2v) is 17.3. The molecular formula is C41H81O19P3S. The van der Waals surface area contributed by atoms with Crippen molar-refractivity contribution in [3.05, 3.63) is 0 Å². The van der Waals surface area contributed by atoms with Gasteiger partial charge in [-0.2, -0.15) is 13.5 Å². The van der Waals surface area contributed by atoms with Gasteiger partial charge in [-0.3, -0.25) is 22.9 Å². The maximum absolute atomic E-state index is 13.0. The zero-order valence-corrected chi connectivity index (χ0v) is 38.9. The van der Waals surface area contributed by atoms with Gasteiger partial charge in [-0.15, -0.1) is 0 Å².